The molecule has 13 heavy (non-hydrogen) atoms. The molecule has 0 atom stereocenters. The van der Waals surface area contributed by atoms with E-state index in [0.29, 0.717) is 6.04 Å². The first-order valence-corrected chi connectivity index (χ1v) is 4.98. The van der Waals surface area contributed by atoms with Gasteiger partial charge in [0.2, 0.25) is 0 Å². The number of unbranched alkanes of at least 4 members (excludes halogenated alkanes) is 1. The standard InChI is InChI=1S/C10H19N3/c1-9(2)13-10(6-8-12-13)5-3-4-7-11/h6,8-9H,3-5,7,11H2,1-2H3. The lowest BCUT2D eigenvalue weighted by Crippen LogP contribution is -2.08. The van der Waals surface area contributed by atoms with E-state index in [1.807, 2.05) is 6.20 Å². The Balaban J connectivity index is 2.50. The van der Waals surface area contributed by atoms with Gasteiger partial charge in [-0.25, -0.2) is 0 Å². The third kappa shape index (κ3) is 2.84. The largest absolute Gasteiger partial charge is 0.330 e. The Morgan fingerprint density at radius 3 is 2.85 bits per heavy atom. The molecule has 0 aliphatic rings. The van der Waals surface area contributed by atoms with E-state index in [-0.39, 0.29) is 0 Å². The fourth-order valence-corrected chi connectivity index (χ4v) is 1.46. The van der Waals surface area contributed by atoms with Crippen molar-refractivity contribution in [1.29, 1.82) is 0 Å². The SMILES string of the molecule is CC(C)n1nccc1CCCCN. The van der Waals surface area contributed by atoms with Crippen LogP contribution < -0.4 is 5.73 Å². The summed E-state index contributed by atoms with van der Waals surface area (Å²) in [5, 5.41) is 4.28. The first-order valence-electron chi connectivity index (χ1n) is 4.98. The van der Waals surface area contributed by atoms with Crippen LogP contribution in [0.3, 0.4) is 0 Å². The zero-order valence-corrected chi connectivity index (χ0v) is 8.53. The monoisotopic (exact) mass is 181 g/mol. The zero-order valence-electron chi connectivity index (χ0n) is 8.53. The Hall–Kier alpha value is -0.830. The number of hydrogen-bond donors (Lipinski definition) is 1. The molecule has 0 spiro atoms. The van der Waals surface area contributed by atoms with Crippen molar-refractivity contribution in [2.45, 2.75) is 39.2 Å². The first kappa shape index (κ1) is 10.3. The van der Waals surface area contributed by atoms with Crippen LogP contribution in [0.1, 0.15) is 38.4 Å². The fraction of sp³-hybridized carbons (Fsp3) is 0.700. The number of nitrogens with two attached hydrogens (primary N) is 1. The minimum atomic E-state index is 0.461. The lowest BCUT2D eigenvalue weighted by Gasteiger charge is -2.10. The number of nitrogens with zero attached hydrogens (tertiary/aromatic N) is 2. The molecule has 1 rings (SSSR count). The first-order chi connectivity index (χ1) is 6.25. The lowest BCUT2D eigenvalue weighted by atomic mass is 10.2. The summed E-state index contributed by atoms with van der Waals surface area (Å²) < 4.78 is 2.08. The van der Waals surface area contributed by atoms with Crippen LogP contribution in [-0.4, -0.2) is 16.3 Å². The lowest BCUT2D eigenvalue weighted by molar-refractivity contribution is 0.503. The fourth-order valence-electron chi connectivity index (χ4n) is 1.46. The van der Waals surface area contributed by atoms with Gasteiger partial charge in [0.25, 0.3) is 0 Å². The molecule has 0 aliphatic heterocycles. The minimum Gasteiger partial charge on any atom is -0.330 e. The Morgan fingerprint density at radius 1 is 1.46 bits per heavy atom. The molecule has 0 saturated heterocycles. The quantitative estimate of drug-likeness (QED) is 0.703. The van der Waals surface area contributed by atoms with Crippen molar-refractivity contribution >= 4 is 0 Å². The van der Waals surface area contributed by atoms with Gasteiger partial charge in [-0.2, -0.15) is 5.10 Å². The van der Waals surface area contributed by atoms with Gasteiger partial charge in [0, 0.05) is 17.9 Å². The van der Waals surface area contributed by atoms with Crippen molar-refractivity contribution in [1.82, 2.24) is 9.78 Å². The van der Waals surface area contributed by atoms with E-state index < -0.39 is 0 Å². The topological polar surface area (TPSA) is 43.8 Å². The van der Waals surface area contributed by atoms with Crippen LogP contribution >= 0.6 is 0 Å². The van der Waals surface area contributed by atoms with E-state index in [9.17, 15) is 0 Å². The predicted molar refractivity (Wildman–Crippen MR) is 54.6 cm³/mol. The van der Waals surface area contributed by atoms with E-state index >= 15 is 0 Å². The van der Waals surface area contributed by atoms with E-state index in [2.05, 4.69) is 29.7 Å². The van der Waals surface area contributed by atoms with Crippen molar-refractivity contribution in [3.8, 4) is 0 Å². The highest BCUT2D eigenvalue weighted by Crippen LogP contribution is 2.10. The number of aromatic nitrogens is 2. The van der Waals surface area contributed by atoms with Crippen molar-refractivity contribution < 1.29 is 0 Å². The number of aryl methyl sites for hydroxylation is 1. The van der Waals surface area contributed by atoms with E-state index in [1.165, 1.54) is 5.69 Å². The Morgan fingerprint density at radius 2 is 2.23 bits per heavy atom. The highest BCUT2D eigenvalue weighted by Gasteiger charge is 2.04. The van der Waals surface area contributed by atoms with E-state index in [0.717, 1.165) is 25.8 Å². The molecule has 2 N–H and O–H groups in total. The molecule has 0 amide bonds. The highest BCUT2D eigenvalue weighted by atomic mass is 15.3. The molecular formula is C10H19N3. The van der Waals surface area contributed by atoms with Crippen LogP contribution in [0.25, 0.3) is 0 Å². The van der Waals surface area contributed by atoms with Gasteiger partial charge < -0.3 is 5.73 Å². The predicted octanol–water partition coefficient (Wildman–Crippen LogP) is 1.75. The van der Waals surface area contributed by atoms with Crippen LogP contribution in [0.15, 0.2) is 12.3 Å². The molecule has 0 aromatic carbocycles. The molecule has 1 aromatic rings. The van der Waals surface area contributed by atoms with Gasteiger partial charge in [-0.3, -0.25) is 4.68 Å². The van der Waals surface area contributed by atoms with Gasteiger partial charge in [-0.15, -0.1) is 0 Å². The van der Waals surface area contributed by atoms with E-state index in [4.69, 9.17) is 5.73 Å². The summed E-state index contributed by atoms with van der Waals surface area (Å²) in [5.74, 6) is 0. The Kier molecular flexibility index (Phi) is 3.96. The molecule has 3 nitrogen and oxygen atoms in total. The summed E-state index contributed by atoms with van der Waals surface area (Å²) in [5.41, 5.74) is 6.77. The second kappa shape index (κ2) is 5.02. The summed E-state index contributed by atoms with van der Waals surface area (Å²) in [6.45, 7) is 5.09. The molecule has 1 heterocycles. The van der Waals surface area contributed by atoms with Crippen molar-refractivity contribution in [2.75, 3.05) is 6.54 Å². The van der Waals surface area contributed by atoms with Crippen molar-refractivity contribution in [3.05, 3.63) is 18.0 Å². The minimum absolute atomic E-state index is 0.461. The molecule has 1 aromatic heterocycles. The van der Waals surface area contributed by atoms with Gasteiger partial charge in [0.15, 0.2) is 0 Å². The summed E-state index contributed by atoms with van der Waals surface area (Å²) in [7, 11) is 0. The third-order valence-electron chi connectivity index (χ3n) is 2.13. The van der Waals surface area contributed by atoms with Crippen molar-refractivity contribution in [2.24, 2.45) is 5.73 Å². The molecule has 0 aliphatic carbocycles. The maximum Gasteiger partial charge on any atom is 0.0492 e. The maximum absolute atomic E-state index is 5.44. The van der Waals surface area contributed by atoms with Gasteiger partial charge in [-0.1, -0.05) is 0 Å². The second-order valence-electron chi connectivity index (χ2n) is 3.61. The third-order valence-corrected chi connectivity index (χ3v) is 2.13. The zero-order chi connectivity index (χ0) is 9.68. The second-order valence-corrected chi connectivity index (χ2v) is 3.61. The van der Waals surface area contributed by atoms with Gasteiger partial charge in [0.1, 0.15) is 0 Å². The van der Waals surface area contributed by atoms with Gasteiger partial charge in [-0.05, 0) is 45.7 Å². The van der Waals surface area contributed by atoms with E-state index in [1.54, 1.807) is 0 Å². The van der Waals surface area contributed by atoms with Crippen LogP contribution in [0, 0.1) is 0 Å². The Bertz CT molecular complexity index is 240. The maximum atomic E-state index is 5.44. The summed E-state index contributed by atoms with van der Waals surface area (Å²) in [4.78, 5) is 0. The van der Waals surface area contributed by atoms with Gasteiger partial charge in [0.05, 0.1) is 0 Å². The molecule has 0 fully saturated rings. The molecule has 0 unspecified atom stereocenters. The molecule has 3 heteroatoms. The van der Waals surface area contributed by atoms with Gasteiger partial charge >= 0.3 is 0 Å². The molecule has 0 radical (unpaired) electrons. The summed E-state index contributed by atoms with van der Waals surface area (Å²) in [6, 6.07) is 2.55. The average molecular weight is 181 g/mol. The molecule has 0 saturated carbocycles. The van der Waals surface area contributed by atoms with Crippen LogP contribution in [0.4, 0.5) is 0 Å². The normalized spacial score (nSPS) is 11.1. The summed E-state index contributed by atoms with van der Waals surface area (Å²) in [6.07, 6.45) is 5.23. The molecule has 0 bridgehead atoms. The van der Waals surface area contributed by atoms with Crippen LogP contribution in [0.2, 0.25) is 0 Å². The summed E-state index contributed by atoms with van der Waals surface area (Å²) >= 11 is 0. The smallest absolute Gasteiger partial charge is 0.0492 e. The van der Waals surface area contributed by atoms with Crippen LogP contribution in [0.5, 0.6) is 0 Å². The highest BCUT2D eigenvalue weighted by molar-refractivity contribution is 5.01. The number of hydrogen-bond acceptors (Lipinski definition) is 2. The Labute approximate surface area is 79.9 Å². The van der Waals surface area contributed by atoms with Crippen LogP contribution in [-0.2, 0) is 6.42 Å². The number of rotatable bonds is 5. The average Bonchev–Trinajstić information content (AvgIpc) is 2.53. The molecular weight excluding hydrogens is 162 g/mol. The molecule has 74 valence electrons. The van der Waals surface area contributed by atoms with Crippen molar-refractivity contribution in [3.63, 3.8) is 0 Å².